The first-order valence-electron chi connectivity index (χ1n) is 5.26. The molecular formula is C12H10N4O. The Labute approximate surface area is 96.7 Å². The summed E-state index contributed by atoms with van der Waals surface area (Å²) in [5, 5.41) is 7.64. The summed E-state index contributed by atoms with van der Waals surface area (Å²) in [6, 6.07) is 10.8. The number of para-hydroxylation sites is 1. The van der Waals surface area contributed by atoms with Crippen LogP contribution >= 0.6 is 0 Å². The number of hydrogen-bond acceptors (Lipinski definition) is 4. The van der Waals surface area contributed by atoms with Gasteiger partial charge in [0.1, 0.15) is 5.82 Å². The largest absolute Gasteiger partial charge is 0.372 e. The van der Waals surface area contributed by atoms with Crippen LogP contribution in [0.3, 0.4) is 0 Å². The summed E-state index contributed by atoms with van der Waals surface area (Å²) in [6.07, 6.45) is 0. The third-order valence-corrected chi connectivity index (χ3v) is 2.63. The molecule has 3 aromatic rings. The van der Waals surface area contributed by atoms with Gasteiger partial charge in [-0.3, -0.25) is 4.79 Å². The molecule has 0 bridgehead atoms. The van der Waals surface area contributed by atoms with Gasteiger partial charge in [-0.25, -0.2) is 4.98 Å². The zero-order chi connectivity index (χ0) is 11.8. The maximum Gasteiger partial charge on any atom is 0.282 e. The lowest BCUT2D eigenvalue weighted by atomic mass is 10.2. The molecule has 0 aliphatic rings. The van der Waals surface area contributed by atoms with Crippen LogP contribution in [0.15, 0.2) is 41.2 Å². The van der Waals surface area contributed by atoms with Crippen molar-refractivity contribution < 1.29 is 0 Å². The van der Waals surface area contributed by atoms with Crippen LogP contribution in [-0.4, -0.2) is 21.6 Å². The maximum atomic E-state index is 12.2. The predicted octanol–water partition coefficient (Wildman–Crippen LogP) is 1.28. The Balaban J connectivity index is 2.51. The lowest BCUT2D eigenvalue weighted by Crippen LogP contribution is -2.18. The topological polar surface area (TPSA) is 59.3 Å². The SMILES string of the molecule is CNc1ccc2nc3ccccc3c(=O)n2n1. The van der Waals surface area contributed by atoms with Crippen LogP contribution in [0.1, 0.15) is 0 Å². The van der Waals surface area contributed by atoms with Crippen molar-refractivity contribution in [1.29, 1.82) is 0 Å². The van der Waals surface area contributed by atoms with Crippen molar-refractivity contribution in [2.75, 3.05) is 12.4 Å². The van der Waals surface area contributed by atoms with E-state index >= 15 is 0 Å². The van der Waals surface area contributed by atoms with Crippen LogP contribution in [-0.2, 0) is 0 Å². The van der Waals surface area contributed by atoms with Gasteiger partial charge in [0.25, 0.3) is 5.56 Å². The fourth-order valence-corrected chi connectivity index (χ4v) is 1.77. The van der Waals surface area contributed by atoms with E-state index in [4.69, 9.17) is 0 Å². The van der Waals surface area contributed by atoms with E-state index in [0.29, 0.717) is 22.4 Å². The molecule has 2 aromatic heterocycles. The van der Waals surface area contributed by atoms with E-state index in [1.54, 1.807) is 25.2 Å². The van der Waals surface area contributed by atoms with Crippen molar-refractivity contribution in [3.8, 4) is 0 Å². The monoisotopic (exact) mass is 226 g/mol. The van der Waals surface area contributed by atoms with Gasteiger partial charge in [-0.05, 0) is 24.3 Å². The summed E-state index contributed by atoms with van der Waals surface area (Å²) in [5.74, 6) is 0.636. The number of aromatic nitrogens is 3. The number of anilines is 1. The quantitative estimate of drug-likeness (QED) is 0.635. The fourth-order valence-electron chi connectivity index (χ4n) is 1.77. The first kappa shape index (κ1) is 9.77. The molecule has 2 heterocycles. The van der Waals surface area contributed by atoms with Crippen LogP contribution in [0, 0.1) is 0 Å². The zero-order valence-electron chi connectivity index (χ0n) is 9.21. The zero-order valence-corrected chi connectivity index (χ0v) is 9.21. The van der Waals surface area contributed by atoms with Crippen molar-refractivity contribution in [3.05, 3.63) is 46.8 Å². The van der Waals surface area contributed by atoms with E-state index in [1.165, 1.54) is 4.52 Å². The van der Waals surface area contributed by atoms with E-state index in [1.807, 2.05) is 18.2 Å². The molecule has 0 unspecified atom stereocenters. The van der Waals surface area contributed by atoms with Crippen LogP contribution < -0.4 is 10.9 Å². The molecule has 0 aliphatic heterocycles. The number of benzene rings is 1. The van der Waals surface area contributed by atoms with Gasteiger partial charge in [-0.1, -0.05) is 12.1 Å². The van der Waals surface area contributed by atoms with E-state index in [-0.39, 0.29) is 5.56 Å². The van der Waals surface area contributed by atoms with Gasteiger partial charge in [0.05, 0.1) is 10.9 Å². The van der Waals surface area contributed by atoms with E-state index < -0.39 is 0 Å². The average molecular weight is 226 g/mol. The minimum absolute atomic E-state index is 0.150. The smallest absolute Gasteiger partial charge is 0.282 e. The first-order valence-corrected chi connectivity index (χ1v) is 5.26. The van der Waals surface area contributed by atoms with E-state index in [2.05, 4.69) is 15.4 Å². The van der Waals surface area contributed by atoms with Gasteiger partial charge < -0.3 is 5.32 Å². The summed E-state index contributed by atoms with van der Waals surface area (Å²) in [6.45, 7) is 0. The molecule has 1 aromatic carbocycles. The number of hydrogen-bond donors (Lipinski definition) is 1. The van der Waals surface area contributed by atoms with Crippen molar-refractivity contribution in [3.63, 3.8) is 0 Å². The Bertz CT molecular complexity index is 763. The molecule has 0 radical (unpaired) electrons. The minimum Gasteiger partial charge on any atom is -0.372 e. The van der Waals surface area contributed by atoms with Crippen molar-refractivity contribution in [1.82, 2.24) is 14.6 Å². The Morgan fingerprint density at radius 3 is 2.82 bits per heavy atom. The number of nitrogens with zero attached hydrogens (tertiary/aromatic N) is 3. The highest BCUT2D eigenvalue weighted by Crippen LogP contribution is 2.09. The van der Waals surface area contributed by atoms with Crippen LogP contribution in [0.4, 0.5) is 5.82 Å². The van der Waals surface area contributed by atoms with Crippen molar-refractivity contribution in [2.45, 2.75) is 0 Å². The van der Waals surface area contributed by atoms with E-state index in [0.717, 1.165) is 0 Å². The molecule has 5 nitrogen and oxygen atoms in total. The highest BCUT2D eigenvalue weighted by molar-refractivity contribution is 5.79. The standard InChI is InChI=1S/C12H10N4O/c1-13-10-6-7-11-14-9-5-3-2-4-8(9)12(17)16(11)15-10/h2-7H,1H3,(H,13,15). The van der Waals surface area contributed by atoms with Gasteiger partial charge in [0.2, 0.25) is 0 Å². The predicted molar refractivity (Wildman–Crippen MR) is 66.3 cm³/mol. The van der Waals surface area contributed by atoms with Crippen LogP contribution in [0.5, 0.6) is 0 Å². The Morgan fingerprint density at radius 2 is 2.00 bits per heavy atom. The normalized spacial score (nSPS) is 10.9. The van der Waals surface area contributed by atoms with Crippen molar-refractivity contribution in [2.24, 2.45) is 0 Å². The molecular weight excluding hydrogens is 216 g/mol. The van der Waals surface area contributed by atoms with Gasteiger partial charge in [-0.2, -0.15) is 4.52 Å². The molecule has 0 fully saturated rings. The molecule has 17 heavy (non-hydrogen) atoms. The van der Waals surface area contributed by atoms with Crippen molar-refractivity contribution >= 4 is 22.4 Å². The molecule has 0 atom stereocenters. The lowest BCUT2D eigenvalue weighted by molar-refractivity contribution is 0.885. The highest BCUT2D eigenvalue weighted by Gasteiger charge is 2.05. The third kappa shape index (κ3) is 1.44. The molecule has 3 rings (SSSR count). The molecule has 84 valence electrons. The van der Waals surface area contributed by atoms with Gasteiger partial charge in [-0.15, -0.1) is 5.10 Å². The summed E-state index contributed by atoms with van der Waals surface area (Å²) in [4.78, 5) is 16.6. The summed E-state index contributed by atoms with van der Waals surface area (Å²) >= 11 is 0. The van der Waals surface area contributed by atoms with Crippen LogP contribution in [0.2, 0.25) is 0 Å². The minimum atomic E-state index is -0.150. The molecule has 0 saturated heterocycles. The lowest BCUT2D eigenvalue weighted by Gasteiger charge is -2.04. The Hall–Kier alpha value is -2.43. The second-order valence-electron chi connectivity index (χ2n) is 3.67. The summed E-state index contributed by atoms with van der Waals surface area (Å²) < 4.78 is 1.31. The fraction of sp³-hybridized carbons (Fsp3) is 0.0833. The number of fused-ring (bicyclic) bond motifs is 2. The van der Waals surface area contributed by atoms with Gasteiger partial charge in [0.15, 0.2) is 5.65 Å². The summed E-state index contributed by atoms with van der Waals surface area (Å²) in [5.41, 5.74) is 1.09. The molecule has 0 spiro atoms. The average Bonchev–Trinajstić information content (AvgIpc) is 2.39. The molecule has 0 amide bonds. The van der Waals surface area contributed by atoms with Gasteiger partial charge in [0, 0.05) is 7.05 Å². The Kier molecular flexibility index (Phi) is 2.04. The molecule has 5 heteroatoms. The molecule has 0 saturated carbocycles. The first-order chi connectivity index (χ1) is 8.29. The highest BCUT2D eigenvalue weighted by atomic mass is 16.1. The molecule has 0 aliphatic carbocycles. The molecule has 1 N–H and O–H groups in total. The van der Waals surface area contributed by atoms with Crippen LogP contribution in [0.25, 0.3) is 16.6 Å². The number of rotatable bonds is 1. The third-order valence-electron chi connectivity index (χ3n) is 2.63. The van der Waals surface area contributed by atoms with Gasteiger partial charge >= 0.3 is 0 Å². The second-order valence-corrected chi connectivity index (χ2v) is 3.67. The second kappa shape index (κ2) is 3.55. The number of nitrogens with one attached hydrogen (secondary N) is 1. The van der Waals surface area contributed by atoms with E-state index in [9.17, 15) is 4.79 Å². The Morgan fingerprint density at radius 1 is 1.18 bits per heavy atom. The summed E-state index contributed by atoms with van der Waals surface area (Å²) in [7, 11) is 1.76. The maximum absolute atomic E-state index is 12.2.